The summed E-state index contributed by atoms with van der Waals surface area (Å²) < 4.78 is 6.41. The van der Waals surface area contributed by atoms with Crippen molar-refractivity contribution < 1.29 is 24.0 Å². The molecule has 11 nitrogen and oxygen atoms in total. The van der Waals surface area contributed by atoms with Crippen LogP contribution in [0.3, 0.4) is 0 Å². The van der Waals surface area contributed by atoms with Crippen molar-refractivity contribution in [2.45, 2.75) is 27.2 Å². The number of nitro groups is 1. The van der Waals surface area contributed by atoms with Crippen LogP contribution in [0, 0.1) is 24.0 Å². The van der Waals surface area contributed by atoms with Gasteiger partial charge in [-0.2, -0.15) is 5.10 Å². The molecular formula is C18H23N5O6S. The molecule has 162 valence electrons. The lowest BCUT2D eigenvalue weighted by Crippen LogP contribution is -2.21. The summed E-state index contributed by atoms with van der Waals surface area (Å²) in [6, 6.07) is 0. The molecule has 2 amide bonds. The minimum atomic E-state index is -0.861. The second-order valence-electron chi connectivity index (χ2n) is 6.71. The SMILES string of the molecule is CCCOC(=O)c1c(NC(=O)c2nn(C)c(C)c2[N+](=O)[O-])sc(C(=O)N(C)C)c1C. The predicted molar refractivity (Wildman–Crippen MR) is 110 cm³/mol. The van der Waals surface area contributed by atoms with Gasteiger partial charge in [0.25, 0.3) is 11.8 Å². The average Bonchev–Trinajstić information content (AvgIpc) is 3.15. The van der Waals surface area contributed by atoms with E-state index >= 15 is 0 Å². The smallest absolute Gasteiger partial charge is 0.341 e. The van der Waals surface area contributed by atoms with E-state index in [1.807, 2.05) is 6.92 Å². The molecule has 0 saturated heterocycles. The summed E-state index contributed by atoms with van der Waals surface area (Å²) >= 11 is 0.904. The molecule has 2 heterocycles. The molecule has 2 aromatic heterocycles. The van der Waals surface area contributed by atoms with E-state index in [-0.39, 0.29) is 39.3 Å². The Balaban J connectivity index is 2.53. The molecule has 0 atom stereocenters. The van der Waals surface area contributed by atoms with E-state index in [2.05, 4.69) is 10.4 Å². The topological polar surface area (TPSA) is 137 Å². The third-order valence-corrected chi connectivity index (χ3v) is 5.51. The molecule has 1 N–H and O–H groups in total. The zero-order valence-electron chi connectivity index (χ0n) is 17.6. The van der Waals surface area contributed by atoms with Crippen LogP contribution >= 0.6 is 11.3 Å². The highest BCUT2D eigenvalue weighted by molar-refractivity contribution is 7.18. The average molecular weight is 437 g/mol. The summed E-state index contributed by atoms with van der Waals surface area (Å²) in [5.41, 5.74) is -0.204. The van der Waals surface area contributed by atoms with E-state index in [0.29, 0.717) is 12.0 Å². The number of carbonyl (C=O) groups excluding carboxylic acids is 3. The molecule has 12 heteroatoms. The zero-order chi connectivity index (χ0) is 22.7. The highest BCUT2D eigenvalue weighted by Gasteiger charge is 2.32. The summed E-state index contributed by atoms with van der Waals surface area (Å²) in [6.45, 7) is 5.06. The van der Waals surface area contributed by atoms with Crippen LogP contribution in [0.25, 0.3) is 0 Å². The van der Waals surface area contributed by atoms with Crippen molar-refractivity contribution in [3.63, 3.8) is 0 Å². The van der Waals surface area contributed by atoms with Gasteiger partial charge in [-0.25, -0.2) is 4.79 Å². The van der Waals surface area contributed by atoms with Crippen LogP contribution in [0.1, 0.15) is 55.1 Å². The first-order valence-electron chi connectivity index (χ1n) is 9.02. The molecule has 0 aliphatic heterocycles. The Labute approximate surface area is 176 Å². The molecule has 0 bridgehead atoms. The fourth-order valence-corrected chi connectivity index (χ4v) is 3.86. The summed E-state index contributed by atoms with van der Waals surface area (Å²) in [5, 5.41) is 17.9. The summed E-state index contributed by atoms with van der Waals surface area (Å²) in [4.78, 5) is 50.1. The molecule has 0 aromatic carbocycles. The standard InChI is InChI=1S/C18H23N5O6S/c1-7-8-29-18(26)11-9(2)14(17(25)21(4)5)30-16(11)19-15(24)12-13(23(27)28)10(3)22(6)20-12/h7-8H2,1-6H3,(H,19,24). The first-order valence-corrected chi connectivity index (χ1v) is 9.84. The number of carbonyl (C=O) groups is 3. The van der Waals surface area contributed by atoms with Crippen LogP contribution in [0.2, 0.25) is 0 Å². The molecule has 0 unspecified atom stereocenters. The Bertz CT molecular complexity index is 1020. The fourth-order valence-electron chi connectivity index (χ4n) is 2.65. The maximum atomic E-state index is 12.8. The Hall–Kier alpha value is -3.28. The van der Waals surface area contributed by atoms with Crippen molar-refractivity contribution in [1.29, 1.82) is 0 Å². The molecule has 0 saturated carbocycles. The number of nitrogens with one attached hydrogen (secondary N) is 1. The number of aromatic nitrogens is 2. The number of aryl methyl sites for hydroxylation is 1. The molecule has 30 heavy (non-hydrogen) atoms. The minimum absolute atomic E-state index is 0.0438. The maximum Gasteiger partial charge on any atom is 0.341 e. The second kappa shape index (κ2) is 9.03. The monoisotopic (exact) mass is 437 g/mol. The van der Waals surface area contributed by atoms with E-state index < -0.39 is 22.5 Å². The first-order chi connectivity index (χ1) is 14.0. The highest BCUT2D eigenvalue weighted by atomic mass is 32.1. The number of rotatable bonds is 7. The van der Waals surface area contributed by atoms with Crippen molar-refractivity contribution in [2.75, 3.05) is 26.0 Å². The third-order valence-electron chi connectivity index (χ3n) is 4.32. The lowest BCUT2D eigenvalue weighted by molar-refractivity contribution is -0.385. The van der Waals surface area contributed by atoms with Gasteiger partial charge in [0.1, 0.15) is 10.7 Å². The molecule has 0 aliphatic carbocycles. The van der Waals surface area contributed by atoms with Crippen LogP contribution in [0.15, 0.2) is 0 Å². The van der Waals surface area contributed by atoms with E-state index in [1.54, 1.807) is 21.0 Å². The molecule has 2 aromatic rings. The fraction of sp³-hybridized carbons (Fsp3) is 0.444. The van der Waals surface area contributed by atoms with Crippen LogP contribution < -0.4 is 5.32 Å². The Morgan fingerprint density at radius 1 is 1.30 bits per heavy atom. The van der Waals surface area contributed by atoms with Crippen molar-refractivity contribution in [2.24, 2.45) is 7.05 Å². The highest BCUT2D eigenvalue weighted by Crippen LogP contribution is 2.35. The third kappa shape index (κ3) is 4.32. The number of amides is 2. The van der Waals surface area contributed by atoms with Crippen molar-refractivity contribution in [1.82, 2.24) is 14.7 Å². The van der Waals surface area contributed by atoms with Crippen molar-refractivity contribution in [3.05, 3.63) is 37.5 Å². The lowest BCUT2D eigenvalue weighted by Gasteiger charge is -2.09. The predicted octanol–water partition coefficient (Wildman–Crippen LogP) is 2.53. The van der Waals surface area contributed by atoms with Gasteiger partial charge in [-0.05, 0) is 25.8 Å². The van der Waals surface area contributed by atoms with Crippen LogP contribution in [0.5, 0.6) is 0 Å². The maximum absolute atomic E-state index is 12.8. The Morgan fingerprint density at radius 2 is 1.93 bits per heavy atom. The molecular weight excluding hydrogens is 414 g/mol. The number of nitrogens with zero attached hydrogens (tertiary/aromatic N) is 4. The van der Waals surface area contributed by atoms with Gasteiger partial charge in [0.2, 0.25) is 5.69 Å². The Morgan fingerprint density at radius 3 is 2.47 bits per heavy atom. The zero-order valence-corrected chi connectivity index (χ0v) is 18.4. The second-order valence-corrected chi connectivity index (χ2v) is 7.73. The van der Waals surface area contributed by atoms with E-state index in [9.17, 15) is 24.5 Å². The number of hydrogen-bond donors (Lipinski definition) is 1. The van der Waals surface area contributed by atoms with E-state index in [0.717, 1.165) is 11.3 Å². The van der Waals surface area contributed by atoms with Crippen LogP contribution in [0.4, 0.5) is 10.7 Å². The number of thiophene rings is 1. The van der Waals surface area contributed by atoms with Gasteiger partial charge in [0.05, 0.1) is 22.0 Å². The minimum Gasteiger partial charge on any atom is -0.462 e. The van der Waals surface area contributed by atoms with Gasteiger partial charge >= 0.3 is 11.7 Å². The van der Waals surface area contributed by atoms with Gasteiger partial charge in [0.15, 0.2) is 0 Å². The summed E-state index contributed by atoms with van der Waals surface area (Å²) in [5.74, 6) is -1.90. The number of esters is 1. The summed E-state index contributed by atoms with van der Waals surface area (Å²) in [6.07, 6.45) is 0.597. The molecule has 0 radical (unpaired) electrons. The van der Waals surface area contributed by atoms with Crippen LogP contribution in [-0.4, -0.2) is 58.1 Å². The lowest BCUT2D eigenvalue weighted by atomic mass is 10.1. The molecule has 0 fully saturated rings. The molecule has 0 aliphatic rings. The van der Waals surface area contributed by atoms with Gasteiger partial charge in [-0.3, -0.25) is 24.4 Å². The Kier molecular flexibility index (Phi) is 6.92. The van der Waals surface area contributed by atoms with Crippen LogP contribution in [-0.2, 0) is 11.8 Å². The van der Waals surface area contributed by atoms with Crippen molar-refractivity contribution >= 4 is 39.8 Å². The summed E-state index contributed by atoms with van der Waals surface area (Å²) in [7, 11) is 4.61. The molecule has 2 rings (SSSR count). The van der Waals surface area contributed by atoms with Crippen molar-refractivity contribution in [3.8, 4) is 0 Å². The quantitative estimate of drug-likeness (QED) is 0.399. The number of ether oxygens (including phenoxy) is 1. The largest absolute Gasteiger partial charge is 0.462 e. The van der Waals surface area contributed by atoms with E-state index in [4.69, 9.17) is 4.74 Å². The van der Waals surface area contributed by atoms with Gasteiger partial charge in [-0.1, -0.05) is 6.92 Å². The normalized spacial score (nSPS) is 10.6. The van der Waals surface area contributed by atoms with Gasteiger partial charge in [-0.15, -0.1) is 11.3 Å². The van der Waals surface area contributed by atoms with Gasteiger partial charge < -0.3 is 15.0 Å². The number of hydrogen-bond acceptors (Lipinski definition) is 8. The van der Waals surface area contributed by atoms with E-state index in [1.165, 1.54) is 23.6 Å². The van der Waals surface area contributed by atoms with Gasteiger partial charge in [0, 0.05) is 21.1 Å². The number of anilines is 1. The first kappa shape index (κ1) is 23.0. The molecule has 0 spiro atoms.